The summed E-state index contributed by atoms with van der Waals surface area (Å²) in [6, 6.07) is 8.62. The quantitative estimate of drug-likeness (QED) is 0.167. The molecule has 1 fully saturated rings. The Morgan fingerprint density at radius 1 is 0.925 bits per heavy atom. The van der Waals surface area contributed by atoms with E-state index in [4.69, 9.17) is 4.98 Å². The van der Waals surface area contributed by atoms with E-state index < -0.39 is 0 Å². The standard InChI is InChI=1S/C31H45N5OS.2ClH/c1-23(2)11-18-34(19-12-24(3)4)22-25-9-10-27-28(21-25)35(17-8-16-33-14-6-5-7-15-33)31-32-29-26(13-20-38-29)30(37)36(27)31;;/h9-10,13,20-21,23-24H,5-8,11-12,14-19,22H2,1-4H3;2*1H. The average molecular weight is 609 g/mol. The largest absolute Gasteiger partial charge is 0.309 e. The first-order valence-electron chi connectivity index (χ1n) is 14.8. The van der Waals surface area contributed by atoms with Gasteiger partial charge in [0.2, 0.25) is 5.78 Å². The molecule has 0 amide bonds. The molecule has 0 spiro atoms. The lowest BCUT2D eigenvalue weighted by molar-refractivity contribution is 0.223. The van der Waals surface area contributed by atoms with Gasteiger partial charge in [-0.25, -0.2) is 9.38 Å². The van der Waals surface area contributed by atoms with E-state index >= 15 is 0 Å². The van der Waals surface area contributed by atoms with Crippen molar-refractivity contribution in [1.82, 2.24) is 23.8 Å². The maximum absolute atomic E-state index is 13.6. The zero-order valence-corrected chi connectivity index (χ0v) is 27.1. The highest BCUT2D eigenvalue weighted by atomic mass is 35.5. The Bertz CT molecular complexity index is 1410. The van der Waals surface area contributed by atoms with Gasteiger partial charge in [-0.2, -0.15) is 0 Å². The summed E-state index contributed by atoms with van der Waals surface area (Å²) in [5, 5.41) is 2.69. The maximum atomic E-state index is 13.6. The van der Waals surface area contributed by atoms with Crippen LogP contribution in [-0.2, 0) is 13.1 Å². The molecule has 222 valence electrons. The second-order valence-electron chi connectivity index (χ2n) is 12.1. The van der Waals surface area contributed by atoms with Crippen molar-refractivity contribution in [3.63, 3.8) is 0 Å². The minimum atomic E-state index is 0. The summed E-state index contributed by atoms with van der Waals surface area (Å²) in [6.45, 7) is 16.8. The van der Waals surface area contributed by atoms with Gasteiger partial charge < -0.3 is 9.47 Å². The zero-order valence-electron chi connectivity index (χ0n) is 24.6. The summed E-state index contributed by atoms with van der Waals surface area (Å²) in [7, 11) is 0. The normalized spacial score (nSPS) is 14.6. The van der Waals surface area contributed by atoms with Gasteiger partial charge in [0.1, 0.15) is 4.83 Å². The van der Waals surface area contributed by atoms with E-state index in [9.17, 15) is 4.79 Å². The van der Waals surface area contributed by atoms with Crippen molar-refractivity contribution < 1.29 is 0 Å². The molecule has 1 saturated heterocycles. The Hall–Kier alpha value is -1.64. The fraction of sp³-hybridized carbons (Fsp3) is 0.613. The number of likely N-dealkylation sites (tertiary alicyclic amines) is 1. The number of rotatable bonds is 12. The highest BCUT2D eigenvalue weighted by Gasteiger charge is 2.18. The van der Waals surface area contributed by atoms with Crippen molar-refractivity contribution in [2.24, 2.45) is 11.8 Å². The summed E-state index contributed by atoms with van der Waals surface area (Å²) in [4.78, 5) is 24.6. The van der Waals surface area contributed by atoms with E-state index in [1.54, 1.807) is 11.3 Å². The van der Waals surface area contributed by atoms with Crippen molar-refractivity contribution in [1.29, 1.82) is 0 Å². The van der Waals surface area contributed by atoms with Gasteiger partial charge in [-0.3, -0.25) is 9.69 Å². The molecule has 4 aromatic rings. The minimum Gasteiger partial charge on any atom is -0.309 e. The van der Waals surface area contributed by atoms with Crippen LogP contribution < -0.4 is 5.56 Å². The van der Waals surface area contributed by atoms with Crippen LogP contribution >= 0.6 is 36.2 Å². The molecule has 3 aromatic heterocycles. The van der Waals surface area contributed by atoms with E-state index in [1.165, 1.54) is 50.8 Å². The molecule has 0 saturated carbocycles. The van der Waals surface area contributed by atoms with Crippen LogP contribution in [0.4, 0.5) is 0 Å². The predicted octanol–water partition coefficient (Wildman–Crippen LogP) is 7.48. The van der Waals surface area contributed by atoms with Crippen LogP contribution in [0.15, 0.2) is 34.4 Å². The van der Waals surface area contributed by atoms with Gasteiger partial charge in [0.15, 0.2) is 0 Å². The average Bonchev–Trinajstić information content (AvgIpc) is 3.49. The van der Waals surface area contributed by atoms with Gasteiger partial charge in [0.05, 0.1) is 16.4 Å². The number of thiophene rings is 1. The smallest absolute Gasteiger partial charge is 0.268 e. The van der Waals surface area contributed by atoms with E-state index in [0.717, 1.165) is 66.2 Å². The van der Waals surface area contributed by atoms with Gasteiger partial charge >= 0.3 is 0 Å². The lowest BCUT2D eigenvalue weighted by atomic mass is 10.1. The Kier molecular flexibility index (Phi) is 12.3. The monoisotopic (exact) mass is 607 g/mol. The van der Waals surface area contributed by atoms with Crippen molar-refractivity contribution >= 4 is 63.2 Å². The lowest BCUT2D eigenvalue weighted by Gasteiger charge is -2.26. The summed E-state index contributed by atoms with van der Waals surface area (Å²) < 4.78 is 4.17. The summed E-state index contributed by atoms with van der Waals surface area (Å²) in [5.74, 6) is 2.19. The van der Waals surface area contributed by atoms with E-state index in [-0.39, 0.29) is 30.4 Å². The molecule has 0 radical (unpaired) electrons. The number of aromatic nitrogens is 3. The summed E-state index contributed by atoms with van der Waals surface area (Å²) in [6.07, 6.45) is 7.49. The van der Waals surface area contributed by atoms with E-state index in [1.807, 2.05) is 15.8 Å². The molecule has 0 aliphatic carbocycles. The van der Waals surface area contributed by atoms with Gasteiger partial charge in [0.25, 0.3) is 5.56 Å². The predicted molar refractivity (Wildman–Crippen MR) is 176 cm³/mol. The van der Waals surface area contributed by atoms with Crippen molar-refractivity contribution in [3.8, 4) is 0 Å². The number of aryl methyl sites for hydroxylation is 1. The van der Waals surface area contributed by atoms with Gasteiger partial charge in [-0.1, -0.05) is 40.2 Å². The molecule has 0 unspecified atom stereocenters. The SMILES string of the molecule is CC(C)CCN(CCC(C)C)Cc1ccc2c(c1)n(CCCN1CCCCC1)c1nc3sccc3c(=O)n21.Cl.Cl. The van der Waals surface area contributed by atoms with E-state index in [0.29, 0.717) is 11.8 Å². The number of benzene rings is 1. The molecule has 0 atom stereocenters. The van der Waals surface area contributed by atoms with Crippen LogP contribution in [0.1, 0.15) is 71.8 Å². The highest BCUT2D eigenvalue weighted by molar-refractivity contribution is 7.16. The Morgan fingerprint density at radius 2 is 1.62 bits per heavy atom. The fourth-order valence-electron chi connectivity index (χ4n) is 5.75. The molecule has 6 nitrogen and oxygen atoms in total. The first-order valence-corrected chi connectivity index (χ1v) is 15.6. The summed E-state index contributed by atoms with van der Waals surface area (Å²) >= 11 is 1.56. The van der Waals surface area contributed by atoms with Gasteiger partial charge in [-0.15, -0.1) is 36.2 Å². The molecule has 1 aliphatic rings. The van der Waals surface area contributed by atoms with Crippen LogP contribution in [0.25, 0.3) is 27.0 Å². The number of halogens is 2. The van der Waals surface area contributed by atoms with Gasteiger partial charge in [-0.05, 0) is 106 Å². The summed E-state index contributed by atoms with van der Waals surface area (Å²) in [5.41, 5.74) is 3.48. The molecule has 1 aliphatic heterocycles. The van der Waals surface area contributed by atoms with Crippen molar-refractivity contribution in [2.45, 2.75) is 79.3 Å². The van der Waals surface area contributed by atoms with Crippen LogP contribution in [0.2, 0.25) is 0 Å². The highest BCUT2D eigenvalue weighted by Crippen LogP contribution is 2.25. The second kappa shape index (κ2) is 15.0. The van der Waals surface area contributed by atoms with Crippen LogP contribution in [0, 0.1) is 11.8 Å². The maximum Gasteiger partial charge on any atom is 0.268 e. The molecule has 0 bridgehead atoms. The molecule has 9 heteroatoms. The molecule has 40 heavy (non-hydrogen) atoms. The number of hydrogen-bond acceptors (Lipinski definition) is 5. The lowest BCUT2D eigenvalue weighted by Crippen LogP contribution is -2.31. The van der Waals surface area contributed by atoms with Crippen molar-refractivity contribution in [2.75, 3.05) is 32.7 Å². The zero-order chi connectivity index (χ0) is 26.6. The third kappa shape index (κ3) is 7.60. The molecule has 0 N–H and O–H groups in total. The number of piperidine rings is 1. The number of nitrogens with zero attached hydrogens (tertiary/aromatic N) is 5. The van der Waals surface area contributed by atoms with Crippen LogP contribution in [0.3, 0.4) is 0 Å². The second-order valence-corrected chi connectivity index (χ2v) is 13.0. The van der Waals surface area contributed by atoms with Gasteiger partial charge in [0, 0.05) is 13.1 Å². The third-order valence-corrected chi connectivity index (χ3v) is 8.86. The topological polar surface area (TPSA) is 45.8 Å². The third-order valence-electron chi connectivity index (χ3n) is 8.05. The Morgan fingerprint density at radius 3 is 2.30 bits per heavy atom. The number of hydrogen-bond donors (Lipinski definition) is 0. The molecular weight excluding hydrogens is 561 g/mol. The minimum absolute atomic E-state index is 0. The van der Waals surface area contributed by atoms with E-state index in [2.05, 4.69) is 60.3 Å². The molecule has 4 heterocycles. The molecule has 1 aromatic carbocycles. The van der Waals surface area contributed by atoms with Crippen LogP contribution in [-0.4, -0.2) is 56.5 Å². The number of fused-ring (bicyclic) bond motifs is 4. The fourth-order valence-corrected chi connectivity index (χ4v) is 6.50. The van der Waals surface area contributed by atoms with Crippen LogP contribution in [0.5, 0.6) is 0 Å². The first kappa shape index (κ1) is 32.9. The van der Waals surface area contributed by atoms with Crippen molar-refractivity contribution in [3.05, 3.63) is 45.6 Å². The Labute approximate surface area is 255 Å². The first-order chi connectivity index (χ1) is 18.4. The molecule has 5 rings (SSSR count). The number of imidazole rings is 1. The molecular formula is C31H47Cl2N5OS. The Balaban J connectivity index is 0.00000220.